The SMILES string of the molecule is c1ccc(-c2c3c(c(-c4ccccc4)c4c(-c5ccccc5)cccc24)-c2cccc4cccc-3c24)cc1. The Hall–Kier alpha value is -4.94. The molecule has 0 unspecified atom stereocenters. The molecule has 8 rings (SSSR count). The van der Waals surface area contributed by atoms with Gasteiger partial charge >= 0.3 is 0 Å². The normalized spacial score (nSPS) is 11.7. The van der Waals surface area contributed by atoms with Crippen LogP contribution in [0, 0.1) is 0 Å². The largest absolute Gasteiger partial charge is 0.0622 e. The number of benzene rings is 7. The molecule has 0 saturated heterocycles. The van der Waals surface area contributed by atoms with Crippen LogP contribution in [-0.4, -0.2) is 0 Å². The Morgan fingerprint density at radius 2 is 0.737 bits per heavy atom. The van der Waals surface area contributed by atoms with Crippen molar-refractivity contribution in [1.82, 2.24) is 0 Å². The van der Waals surface area contributed by atoms with Crippen LogP contribution in [0.2, 0.25) is 0 Å². The molecule has 0 nitrogen and oxygen atoms in total. The van der Waals surface area contributed by atoms with Gasteiger partial charge in [0.25, 0.3) is 0 Å². The van der Waals surface area contributed by atoms with Gasteiger partial charge in [-0.2, -0.15) is 0 Å². The molecule has 0 aromatic heterocycles. The second-order valence-corrected chi connectivity index (χ2v) is 10.0. The number of hydrogen-bond donors (Lipinski definition) is 0. The molecule has 0 heteroatoms. The van der Waals surface area contributed by atoms with Gasteiger partial charge in [-0.05, 0) is 77.2 Å². The molecule has 7 aromatic carbocycles. The van der Waals surface area contributed by atoms with Crippen molar-refractivity contribution in [2.75, 3.05) is 0 Å². The molecule has 0 fully saturated rings. The van der Waals surface area contributed by atoms with Crippen LogP contribution in [0.4, 0.5) is 0 Å². The van der Waals surface area contributed by atoms with Gasteiger partial charge in [0, 0.05) is 0 Å². The van der Waals surface area contributed by atoms with Crippen molar-refractivity contribution in [1.29, 1.82) is 0 Å². The summed E-state index contributed by atoms with van der Waals surface area (Å²) in [6.07, 6.45) is 0. The molecule has 1 aliphatic rings. The van der Waals surface area contributed by atoms with E-state index in [1.54, 1.807) is 0 Å². The molecule has 176 valence electrons. The Balaban J connectivity index is 1.67. The third-order valence-corrected chi connectivity index (χ3v) is 7.99. The molecule has 1 aliphatic carbocycles. The van der Waals surface area contributed by atoms with Gasteiger partial charge in [-0.3, -0.25) is 0 Å². The third-order valence-electron chi connectivity index (χ3n) is 7.99. The van der Waals surface area contributed by atoms with E-state index in [1.165, 1.54) is 77.2 Å². The molecule has 0 N–H and O–H groups in total. The molecule has 0 atom stereocenters. The minimum atomic E-state index is 1.24. The lowest BCUT2D eigenvalue weighted by atomic mass is 9.80. The topological polar surface area (TPSA) is 0 Å². The molecular formula is C38H24. The minimum Gasteiger partial charge on any atom is -0.0622 e. The lowest BCUT2D eigenvalue weighted by Crippen LogP contribution is -1.95. The van der Waals surface area contributed by atoms with Gasteiger partial charge in [-0.25, -0.2) is 0 Å². The molecule has 0 heterocycles. The van der Waals surface area contributed by atoms with E-state index >= 15 is 0 Å². The van der Waals surface area contributed by atoms with E-state index in [0.29, 0.717) is 0 Å². The van der Waals surface area contributed by atoms with Crippen molar-refractivity contribution < 1.29 is 0 Å². The zero-order chi connectivity index (χ0) is 25.1. The second kappa shape index (κ2) is 8.30. The van der Waals surface area contributed by atoms with Crippen LogP contribution in [0.5, 0.6) is 0 Å². The quantitative estimate of drug-likeness (QED) is 0.236. The summed E-state index contributed by atoms with van der Waals surface area (Å²) in [4.78, 5) is 0. The Morgan fingerprint density at radius 1 is 0.263 bits per heavy atom. The standard InChI is InChI=1S/C38H24/c1-4-13-25(14-5-1)29-21-12-24-32-34(27-15-6-2-7-16-27)37-30-22-10-19-26-20-11-23-31(33(26)30)38(37)35(36(29)32)28-17-8-3-9-18-28/h1-24H. The fourth-order valence-corrected chi connectivity index (χ4v) is 6.49. The first kappa shape index (κ1) is 21.2. The zero-order valence-corrected chi connectivity index (χ0v) is 20.9. The fourth-order valence-electron chi connectivity index (χ4n) is 6.49. The summed E-state index contributed by atoms with van der Waals surface area (Å²) in [5.74, 6) is 0. The molecule has 0 spiro atoms. The maximum absolute atomic E-state index is 2.32. The molecule has 0 bridgehead atoms. The number of hydrogen-bond acceptors (Lipinski definition) is 0. The number of fused-ring (bicyclic) bond motifs is 4. The van der Waals surface area contributed by atoms with Gasteiger partial charge in [0.1, 0.15) is 0 Å². The highest BCUT2D eigenvalue weighted by Crippen LogP contribution is 2.58. The van der Waals surface area contributed by atoms with Crippen molar-refractivity contribution in [2.45, 2.75) is 0 Å². The molecule has 0 saturated carbocycles. The first-order valence-electron chi connectivity index (χ1n) is 13.2. The Morgan fingerprint density at radius 3 is 1.34 bits per heavy atom. The van der Waals surface area contributed by atoms with Crippen molar-refractivity contribution in [2.24, 2.45) is 0 Å². The maximum Gasteiger partial charge on any atom is -0.000719 e. The van der Waals surface area contributed by atoms with Gasteiger partial charge in [0.2, 0.25) is 0 Å². The predicted molar refractivity (Wildman–Crippen MR) is 162 cm³/mol. The summed E-state index contributed by atoms with van der Waals surface area (Å²) >= 11 is 0. The Labute approximate surface area is 222 Å². The highest BCUT2D eigenvalue weighted by molar-refractivity contribution is 6.29. The molecule has 7 aromatic rings. The zero-order valence-electron chi connectivity index (χ0n) is 20.9. The van der Waals surface area contributed by atoms with Crippen LogP contribution in [0.3, 0.4) is 0 Å². The van der Waals surface area contributed by atoms with Crippen LogP contribution in [-0.2, 0) is 0 Å². The van der Waals surface area contributed by atoms with Crippen molar-refractivity contribution >= 4 is 21.5 Å². The van der Waals surface area contributed by atoms with Gasteiger partial charge in [0.15, 0.2) is 0 Å². The average Bonchev–Trinajstić information content (AvgIpc) is 3.32. The van der Waals surface area contributed by atoms with Crippen LogP contribution < -0.4 is 0 Å². The van der Waals surface area contributed by atoms with E-state index in [2.05, 4.69) is 146 Å². The van der Waals surface area contributed by atoms with Gasteiger partial charge in [-0.15, -0.1) is 0 Å². The number of rotatable bonds is 3. The van der Waals surface area contributed by atoms with E-state index in [1.807, 2.05) is 0 Å². The first-order chi connectivity index (χ1) is 18.9. The summed E-state index contributed by atoms with van der Waals surface area (Å²) in [5.41, 5.74) is 13.0. The van der Waals surface area contributed by atoms with Gasteiger partial charge in [0.05, 0.1) is 0 Å². The van der Waals surface area contributed by atoms with Gasteiger partial charge in [-0.1, -0.05) is 146 Å². The average molecular weight is 481 g/mol. The van der Waals surface area contributed by atoms with Gasteiger partial charge < -0.3 is 0 Å². The maximum atomic E-state index is 2.32. The summed E-state index contributed by atoms with van der Waals surface area (Å²) in [7, 11) is 0. The molecule has 0 amide bonds. The Kier molecular flexibility index (Phi) is 4.62. The lowest BCUT2D eigenvalue weighted by Gasteiger charge is -2.22. The van der Waals surface area contributed by atoms with Crippen LogP contribution in [0.1, 0.15) is 0 Å². The van der Waals surface area contributed by atoms with E-state index < -0.39 is 0 Å². The van der Waals surface area contributed by atoms with Crippen molar-refractivity contribution in [3.63, 3.8) is 0 Å². The molecular weight excluding hydrogens is 456 g/mol. The van der Waals surface area contributed by atoms with Crippen LogP contribution in [0.15, 0.2) is 146 Å². The first-order valence-corrected chi connectivity index (χ1v) is 13.2. The third kappa shape index (κ3) is 2.98. The van der Waals surface area contributed by atoms with Crippen molar-refractivity contribution in [3.05, 3.63) is 146 Å². The highest BCUT2D eigenvalue weighted by atomic mass is 14.3. The summed E-state index contributed by atoms with van der Waals surface area (Å²) < 4.78 is 0. The molecule has 38 heavy (non-hydrogen) atoms. The van der Waals surface area contributed by atoms with Crippen LogP contribution in [0.25, 0.3) is 77.2 Å². The fraction of sp³-hybridized carbons (Fsp3) is 0. The lowest BCUT2D eigenvalue weighted by molar-refractivity contribution is 1.61. The van der Waals surface area contributed by atoms with E-state index in [9.17, 15) is 0 Å². The monoisotopic (exact) mass is 480 g/mol. The molecule has 0 aliphatic heterocycles. The summed E-state index contributed by atoms with van der Waals surface area (Å²) in [6.45, 7) is 0. The van der Waals surface area contributed by atoms with E-state index in [0.717, 1.165) is 0 Å². The van der Waals surface area contributed by atoms with Crippen molar-refractivity contribution in [3.8, 4) is 55.6 Å². The Bertz CT molecular complexity index is 1980. The summed E-state index contributed by atoms with van der Waals surface area (Å²) in [5, 5.41) is 5.25. The van der Waals surface area contributed by atoms with E-state index in [4.69, 9.17) is 0 Å². The highest BCUT2D eigenvalue weighted by Gasteiger charge is 2.31. The molecule has 0 radical (unpaired) electrons. The van der Waals surface area contributed by atoms with Crippen LogP contribution >= 0.6 is 0 Å². The summed E-state index contributed by atoms with van der Waals surface area (Å²) in [6, 6.07) is 53.1. The predicted octanol–water partition coefficient (Wildman–Crippen LogP) is 10.6. The second-order valence-electron chi connectivity index (χ2n) is 10.0. The smallest absolute Gasteiger partial charge is 0.000719 e. The van der Waals surface area contributed by atoms with E-state index in [-0.39, 0.29) is 0 Å². The minimum absolute atomic E-state index is 1.24.